The number of rotatable bonds is 4. The van der Waals surface area contributed by atoms with Gasteiger partial charge in [-0.15, -0.1) is 0 Å². The molecule has 0 aliphatic heterocycles. The van der Waals surface area contributed by atoms with E-state index >= 15 is 0 Å². The molecule has 7 nitrogen and oxygen atoms in total. The summed E-state index contributed by atoms with van der Waals surface area (Å²) in [6.07, 6.45) is -1.94. The summed E-state index contributed by atoms with van der Waals surface area (Å²) >= 11 is 0. The first-order valence-electron chi connectivity index (χ1n) is 2.55. The van der Waals surface area contributed by atoms with E-state index in [4.69, 9.17) is 0 Å². The van der Waals surface area contributed by atoms with Crippen molar-refractivity contribution in [2.45, 2.75) is 0 Å². The van der Waals surface area contributed by atoms with Gasteiger partial charge in [0.2, 0.25) is 0 Å². The molecule has 11 heavy (non-hydrogen) atoms. The predicted octanol–water partition coefficient (Wildman–Crippen LogP) is -0.891. The van der Waals surface area contributed by atoms with Crippen molar-refractivity contribution in [2.24, 2.45) is 11.5 Å². The van der Waals surface area contributed by atoms with Crippen LogP contribution in [-0.2, 0) is 14.2 Å². The Hall–Kier alpha value is -1.50. The summed E-state index contributed by atoms with van der Waals surface area (Å²) in [4.78, 5) is 19.8. The standard InChI is InChI=1S/C4H8N2O5/c5-3(7)10-1-9-2-11-4(6)8/h1-2H2,(H2,5,7)(H2,6,8). The van der Waals surface area contributed by atoms with Crippen LogP contribution in [0.15, 0.2) is 0 Å². The fourth-order valence-corrected chi connectivity index (χ4v) is 0.234. The molecule has 0 bridgehead atoms. The van der Waals surface area contributed by atoms with E-state index < -0.39 is 12.2 Å². The lowest BCUT2D eigenvalue weighted by atomic mass is 11.2. The van der Waals surface area contributed by atoms with Gasteiger partial charge in [-0.3, -0.25) is 0 Å². The SMILES string of the molecule is NC(=O)OCOCOC(N)=O. The molecule has 7 heteroatoms. The molecule has 2 amide bonds. The summed E-state index contributed by atoms with van der Waals surface area (Å²) in [5.74, 6) is 0. The highest BCUT2D eigenvalue weighted by molar-refractivity contribution is 5.64. The molecule has 0 radical (unpaired) electrons. The van der Waals surface area contributed by atoms with E-state index in [9.17, 15) is 9.59 Å². The number of hydrogen-bond acceptors (Lipinski definition) is 5. The zero-order valence-electron chi connectivity index (χ0n) is 5.61. The fourth-order valence-electron chi connectivity index (χ4n) is 0.234. The molecule has 4 N–H and O–H groups in total. The number of nitrogens with two attached hydrogens (primary N) is 2. The van der Waals surface area contributed by atoms with Crippen molar-refractivity contribution in [3.8, 4) is 0 Å². The van der Waals surface area contributed by atoms with Gasteiger partial charge in [0.25, 0.3) is 0 Å². The van der Waals surface area contributed by atoms with Gasteiger partial charge in [0, 0.05) is 0 Å². The normalized spacial score (nSPS) is 8.73. The highest BCUT2D eigenvalue weighted by atomic mass is 16.8. The number of hydrogen-bond donors (Lipinski definition) is 2. The lowest BCUT2D eigenvalue weighted by Crippen LogP contribution is -2.19. The van der Waals surface area contributed by atoms with E-state index in [1.54, 1.807) is 0 Å². The van der Waals surface area contributed by atoms with Crippen LogP contribution in [0.3, 0.4) is 0 Å². The van der Waals surface area contributed by atoms with Crippen LogP contribution in [0.2, 0.25) is 0 Å². The second-order valence-corrected chi connectivity index (χ2v) is 1.37. The first-order chi connectivity index (χ1) is 5.13. The Morgan fingerprint density at radius 3 is 1.64 bits per heavy atom. The van der Waals surface area contributed by atoms with Gasteiger partial charge in [0.1, 0.15) is 0 Å². The first-order valence-corrected chi connectivity index (χ1v) is 2.55. The highest BCUT2D eigenvalue weighted by Crippen LogP contribution is 1.79. The summed E-state index contributed by atoms with van der Waals surface area (Å²) in [7, 11) is 0. The third-order valence-corrected chi connectivity index (χ3v) is 0.569. The number of carbonyl (C=O) groups is 2. The smallest absolute Gasteiger partial charge is 0.406 e. The third kappa shape index (κ3) is 8.50. The quantitative estimate of drug-likeness (QED) is 0.413. The molecule has 0 atom stereocenters. The number of primary amides is 2. The summed E-state index contributed by atoms with van der Waals surface area (Å²) in [5.41, 5.74) is 9.12. The molecule has 0 saturated carbocycles. The van der Waals surface area contributed by atoms with Gasteiger partial charge in [-0.1, -0.05) is 0 Å². The summed E-state index contributed by atoms with van der Waals surface area (Å²) in [6, 6.07) is 0. The minimum Gasteiger partial charge on any atom is -0.422 e. The average Bonchev–Trinajstić information content (AvgIpc) is 1.85. The molecule has 0 spiro atoms. The maximum absolute atomic E-state index is 9.88. The zero-order valence-corrected chi connectivity index (χ0v) is 5.61. The van der Waals surface area contributed by atoms with E-state index in [1.807, 2.05) is 0 Å². The second kappa shape index (κ2) is 5.30. The van der Waals surface area contributed by atoms with Crippen molar-refractivity contribution in [1.29, 1.82) is 0 Å². The molecule has 0 aromatic heterocycles. The Labute approximate surface area is 62.2 Å². The molecule has 0 heterocycles. The summed E-state index contributed by atoms with van der Waals surface area (Å²) < 4.78 is 12.6. The molecule has 0 aromatic rings. The average molecular weight is 164 g/mol. The molecular weight excluding hydrogens is 156 g/mol. The van der Waals surface area contributed by atoms with Crippen LogP contribution in [0, 0.1) is 0 Å². The largest absolute Gasteiger partial charge is 0.422 e. The summed E-state index contributed by atoms with van der Waals surface area (Å²) in [6.45, 7) is -0.745. The van der Waals surface area contributed by atoms with Crippen LogP contribution in [0.5, 0.6) is 0 Å². The van der Waals surface area contributed by atoms with Gasteiger partial charge in [-0.25, -0.2) is 9.59 Å². The van der Waals surface area contributed by atoms with Crippen molar-refractivity contribution < 1.29 is 23.8 Å². The van der Waals surface area contributed by atoms with Crippen molar-refractivity contribution in [1.82, 2.24) is 0 Å². The lowest BCUT2D eigenvalue weighted by Gasteiger charge is -2.02. The highest BCUT2D eigenvalue weighted by Gasteiger charge is 1.94. The lowest BCUT2D eigenvalue weighted by molar-refractivity contribution is -0.0814. The van der Waals surface area contributed by atoms with Gasteiger partial charge in [-0.2, -0.15) is 0 Å². The molecule has 0 saturated heterocycles. The monoisotopic (exact) mass is 164 g/mol. The van der Waals surface area contributed by atoms with Gasteiger partial charge < -0.3 is 25.7 Å². The van der Waals surface area contributed by atoms with Crippen molar-refractivity contribution in [2.75, 3.05) is 13.6 Å². The Bertz CT molecular complexity index is 131. The molecule has 64 valence electrons. The van der Waals surface area contributed by atoms with E-state index in [2.05, 4.69) is 25.7 Å². The number of amides is 2. The van der Waals surface area contributed by atoms with Crippen LogP contribution in [0.1, 0.15) is 0 Å². The molecule has 0 aliphatic rings. The second-order valence-electron chi connectivity index (χ2n) is 1.37. The molecule has 0 rings (SSSR count). The first kappa shape index (κ1) is 9.50. The maximum Gasteiger partial charge on any atom is 0.406 e. The molecule has 0 unspecified atom stereocenters. The van der Waals surface area contributed by atoms with Gasteiger partial charge >= 0.3 is 12.2 Å². The van der Waals surface area contributed by atoms with E-state index in [0.29, 0.717) is 0 Å². The Morgan fingerprint density at radius 1 is 1.00 bits per heavy atom. The third-order valence-electron chi connectivity index (χ3n) is 0.569. The molecule has 0 aliphatic carbocycles. The van der Waals surface area contributed by atoms with Gasteiger partial charge in [-0.05, 0) is 0 Å². The van der Waals surface area contributed by atoms with Crippen LogP contribution in [-0.4, -0.2) is 25.8 Å². The van der Waals surface area contributed by atoms with E-state index in [1.165, 1.54) is 0 Å². The Balaban J connectivity index is 3.03. The van der Waals surface area contributed by atoms with Crippen LogP contribution >= 0.6 is 0 Å². The van der Waals surface area contributed by atoms with Crippen molar-refractivity contribution in [3.05, 3.63) is 0 Å². The van der Waals surface area contributed by atoms with E-state index in [0.717, 1.165) is 0 Å². The maximum atomic E-state index is 9.88. The van der Waals surface area contributed by atoms with Gasteiger partial charge in [0.15, 0.2) is 13.6 Å². The predicted molar refractivity (Wildman–Crippen MR) is 32.2 cm³/mol. The van der Waals surface area contributed by atoms with Crippen molar-refractivity contribution >= 4 is 12.2 Å². The minimum absolute atomic E-state index is 0.372. The van der Waals surface area contributed by atoms with Crippen LogP contribution in [0.25, 0.3) is 0 Å². The Kier molecular flexibility index (Phi) is 4.58. The molecule has 0 fully saturated rings. The summed E-state index contributed by atoms with van der Waals surface area (Å²) in [5, 5.41) is 0. The fraction of sp³-hybridized carbons (Fsp3) is 0.500. The van der Waals surface area contributed by atoms with Crippen LogP contribution < -0.4 is 11.5 Å². The molecular formula is C4H8N2O5. The van der Waals surface area contributed by atoms with Gasteiger partial charge in [0.05, 0.1) is 0 Å². The topological polar surface area (TPSA) is 114 Å². The van der Waals surface area contributed by atoms with Crippen LogP contribution in [0.4, 0.5) is 9.59 Å². The Morgan fingerprint density at radius 2 is 1.36 bits per heavy atom. The van der Waals surface area contributed by atoms with Crippen molar-refractivity contribution in [3.63, 3.8) is 0 Å². The number of ether oxygens (including phenoxy) is 3. The zero-order chi connectivity index (χ0) is 8.69. The molecule has 0 aromatic carbocycles. The number of carbonyl (C=O) groups excluding carboxylic acids is 2. The minimum atomic E-state index is -0.968. The van der Waals surface area contributed by atoms with E-state index in [-0.39, 0.29) is 13.6 Å².